The Kier molecular flexibility index (Phi) is 7.79. The van der Waals surface area contributed by atoms with Crippen molar-refractivity contribution in [1.29, 1.82) is 0 Å². The second kappa shape index (κ2) is 11.0. The Morgan fingerprint density at radius 1 is 1.00 bits per heavy atom. The maximum atomic E-state index is 12.7. The van der Waals surface area contributed by atoms with Gasteiger partial charge in [-0.15, -0.1) is 0 Å². The van der Waals surface area contributed by atoms with Crippen LogP contribution in [0, 0.1) is 0 Å². The van der Waals surface area contributed by atoms with Gasteiger partial charge >= 0.3 is 0 Å². The van der Waals surface area contributed by atoms with Crippen molar-refractivity contribution in [3.8, 4) is 23.0 Å². The number of fused-ring (bicyclic) bond motifs is 1. The summed E-state index contributed by atoms with van der Waals surface area (Å²) in [7, 11) is -2.23. The summed E-state index contributed by atoms with van der Waals surface area (Å²) in [5, 5.41) is 2.79. The minimum Gasteiger partial charge on any atom is -0.493 e. The zero-order valence-corrected chi connectivity index (χ0v) is 20.0. The van der Waals surface area contributed by atoms with Crippen LogP contribution in [0.4, 0.5) is 5.69 Å². The van der Waals surface area contributed by atoms with E-state index in [1.165, 1.54) is 12.1 Å². The number of rotatable bonds is 9. The Hall–Kier alpha value is -2.98. The Morgan fingerprint density at radius 2 is 1.76 bits per heavy atom. The summed E-state index contributed by atoms with van der Waals surface area (Å²) in [6, 6.07) is 9.67. The quantitative estimate of drug-likeness (QED) is 0.553. The van der Waals surface area contributed by atoms with Gasteiger partial charge < -0.3 is 24.3 Å². The molecule has 0 atom stereocenters. The van der Waals surface area contributed by atoms with Gasteiger partial charge in [-0.25, -0.2) is 13.1 Å². The molecule has 34 heavy (non-hydrogen) atoms. The van der Waals surface area contributed by atoms with Gasteiger partial charge in [0.05, 0.1) is 31.3 Å². The molecule has 4 rings (SSSR count). The van der Waals surface area contributed by atoms with Gasteiger partial charge in [-0.2, -0.15) is 0 Å². The molecule has 0 bridgehead atoms. The van der Waals surface area contributed by atoms with Crippen LogP contribution in [0.5, 0.6) is 23.0 Å². The molecule has 10 heteroatoms. The number of nitrogens with one attached hydrogen (secondary N) is 2. The second-order valence-electron chi connectivity index (χ2n) is 8.24. The summed E-state index contributed by atoms with van der Waals surface area (Å²) >= 11 is 0. The van der Waals surface area contributed by atoms with Crippen molar-refractivity contribution in [2.45, 2.75) is 49.5 Å². The number of sulfonamides is 1. The van der Waals surface area contributed by atoms with E-state index in [1.807, 2.05) is 0 Å². The third-order valence-electron chi connectivity index (χ3n) is 5.72. The van der Waals surface area contributed by atoms with Crippen LogP contribution in [0.2, 0.25) is 0 Å². The topological polar surface area (TPSA) is 112 Å². The molecular formula is C24H30N2O7S. The van der Waals surface area contributed by atoms with E-state index >= 15 is 0 Å². The van der Waals surface area contributed by atoms with Gasteiger partial charge in [0.1, 0.15) is 0 Å². The molecule has 1 fully saturated rings. The average molecular weight is 491 g/mol. The van der Waals surface area contributed by atoms with Crippen LogP contribution in [0.15, 0.2) is 41.3 Å². The Morgan fingerprint density at radius 3 is 2.53 bits per heavy atom. The van der Waals surface area contributed by atoms with Crippen molar-refractivity contribution < 1.29 is 32.2 Å². The smallest absolute Gasteiger partial charge is 0.240 e. The minimum absolute atomic E-state index is 0.0331. The van der Waals surface area contributed by atoms with Crippen molar-refractivity contribution in [2.75, 3.05) is 32.2 Å². The largest absolute Gasteiger partial charge is 0.493 e. The van der Waals surface area contributed by atoms with E-state index in [1.54, 1.807) is 31.4 Å². The number of hydrogen-bond acceptors (Lipinski definition) is 7. The summed E-state index contributed by atoms with van der Waals surface area (Å²) in [6.45, 7) is 0.932. The highest BCUT2D eigenvalue weighted by atomic mass is 32.2. The molecule has 2 aliphatic rings. The molecule has 2 aromatic carbocycles. The molecule has 0 radical (unpaired) electrons. The number of ether oxygens (including phenoxy) is 4. The van der Waals surface area contributed by atoms with Crippen LogP contribution in [-0.2, 0) is 14.8 Å². The lowest BCUT2D eigenvalue weighted by molar-refractivity contribution is -0.116. The standard InChI is InChI=1S/C24H30N2O7S/c1-30-20-9-7-17(15-23(20)33-18-5-2-3-6-18)26-24(27)11-12-25-34(28,29)19-8-10-21-22(16-19)32-14-4-13-31-21/h7-10,15-16,18,25H,2-6,11-14H2,1H3,(H,26,27). The van der Waals surface area contributed by atoms with Crippen LogP contribution in [-0.4, -0.2) is 47.3 Å². The monoisotopic (exact) mass is 490 g/mol. The molecule has 1 aliphatic carbocycles. The fraction of sp³-hybridized carbons (Fsp3) is 0.458. The molecule has 0 unspecified atom stereocenters. The van der Waals surface area contributed by atoms with Crippen molar-refractivity contribution in [3.05, 3.63) is 36.4 Å². The highest BCUT2D eigenvalue weighted by Gasteiger charge is 2.20. The molecule has 0 saturated heterocycles. The van der Waals surface area contributed by atoms with Crippen LogP contribution < -0.4 is 29.0 Å². The number of carbonyl (C=O) groups is 1. The van der Waals surface area contributed by atoms with Gasteiger partial charge in [0.2, 0.25) is 15.9 Å². The molecule has 2 N–H and O–H groups in total. The van der Waals surface area contributed by atoms with Gasteiger partial charge in [-0.05, 0) is 49.9 Å². The summed E-state index contributed by atoms with van der Waals surface area (Å²) in [5.74, 6) is 1.79. The minimum atomic E-state index is -3.81. The number of anilines is 1. The first kappa shape index (κ1) is 24.2. The Labute approximate surface area is 199 Å². The van der Waals surface area contributed by atoms with E-state index in [9.17, 15) is 13.2 Å². The highest BCUT2D eigenvalue weighted by molar-refractivity contribution is 7.89. The third-order valence-corrected chi connectivity index (χ3v) is 7.18. The molecule has 1 heterocycles. The Bertz CT molecular complexity index is 1110. The molecule has 1 saturated carbocycles. The summed E-state index contributed by atoms with van der Waals surface area (Å²) in [5.41, 5.74) is 0.560. The first-order chi connectivity index (χ1) is 16.4. The molecule has 2 aromatic rings. The van der Waals surface area contributed by atoms with E-state index in [-0.39, 0.29) is 29.9 Å². The van der Waals surface area contributed by atoms with Crippen LogP contribution in [0.3, 0.4) is 0 Å². The number of hydrogen-bond donors (Lipinski definition) is 2. The maximum Gasteiger partial charge on any atom is 0.240 e. The van der Waals surface area contributed by atoms with E-state index in [2.05, 4.69) is 10.0 Å². The highest BCUT2D eigenvalue weighted by Crippen LogP contribution is 2.34. The van der Waals surface area contributed by atoms with E-state index in [4.69, 9.17) is 18.9 Å². The van der Waals surface area contributed by atoms with Gasteiger partial charge in [0, 0.05) is 37.2 Å². The van der Waals surface area contributed by atoms with Crippen molar-refractivity contribution in [1.82, 2.24) is 4.72 Å². The van der Waals surface area contributed by atoms with Crippen molar-refractivity contribution in [3.63, 3.8) is 0 Å². The zero-order chi connectivity index (χ0) is 24.0. The number of benzene rings is 2. The molecular weight excluding hydrogens is 460 g/mol. The lowest BCUT2D eigenvalue weighted by Gasteiger charge is -2.17. The van der Waals surface area contributed by atoms with Crippen LogP contribution in [0.1, 0.15) is 38.5 Å². The van der Waals surface area contributed by atoms with Gasteiger partial charge in [0.15, 0.2) is 23.0 Å². The van der Waals surface area contributed by atoms with Crippen LogP contribution in [0.25, 0.3) is 0 Å². The predicted molar refractivity (Wildman–Crippen MR) is 126 cm³/mol. The maximum absolute atomic E-state index is 12.7. The summed E-state index contributed by atoms with van der Waals surface area (Å²) in [4.78, 5) is 12.5. The van der Waals surface area contributed by atoms with Crippen molar-refractivity contribution in [2.24, 2.45) is 0 Å². The molecule has 1 amide bonds. The third kappa shape index (κ3) is 6.12. The number of carbonyl (C=O) groups excluding carboxylic acids is 1. The van der Waals surface area contributed by atoms with E-state index in [0.29, 0.717) is 41.9 Å². The van der Waals surface area contributed by atoms with E-state index < -0.39 is 10.0 Å². The number of methoxy groups -OCH3 is 1. The van der Waals surface area contributed by atoms with Crippen molar-refractivity contribution >= 4 is 21.6 Å². The fourth-order valence-corrected chi connectivity index (χ4v) is 5.00. The second-order valence-corrected chi connectivity index (χ2v) is 10.0. The number of amides is 1. The van der Waals surface area contributed by atoms with E-state index in [0.717, 1.165) is 32.1 Å². The first-order valence-electron chi connectivity index (χ1n) is 11.5. The van der Waals surface area contributed by atoms with Gasteiger partial charge in [-0.3, -0.25) is 4.79 Å². The summed E-state index contributed by atoms with van der Waals surface area (Å²) < 4.78 is 50.3. The SMILES string of the molecule is COc1ccc(NC(=O)CCNS(=O)(=O)c2ccc3c(c2)OCCCO3)cc1OC1CCCC1. The fourth-order valence-electron chi connectivity index (χ4n) is 3.95. The van der Waals surface area contributed by atoms with Gasteiger partial charge in [-0.1, -0.05) is 0 Å². The molecule has 184 valence electrons. The molecule has 0 spiro atoms. The molecule has 9 nitrogen and oxygen atoms in total. The lowest BCUT2D eigenvalue weighted by Crippen LogP contribution is -2.28. The normalized spacial score (nSPS) is 16.0. The molecule has 1 aliphatic heterocycles. The molecule has 0 aromatic heterocycles. The van der Waals surface area contributed by atoms with Crippen LogP contribution >= 0.6 is 0 Å². The van der Waals surface area contributed by atoms with Gasteiger partial charge in [0.25, 0.3) is 0 Å². The lowest BCUT2D eigenvalue weighted by atomic mass is 10.2. The Balaban J connectivity index is 1.32. The predicted octanol–water partition coefficient (Wildman–Crippen LogP) is 3.49. The first-order valence-corrected chi connectivity index (χ1v) is 13.0. The zero-order valence-electron chi connectivity index (χ0n) is 19.2. The summed E-state index contributed by atoms with van der Waals surface area (Å²) in [6.07, 6.45) is 5.14. The average Bonchev–Trinajstić information content (AvgIpc) is 3.21.